The highest BCUT2D eigenvalue weighted by atomic mass is 16.3. The summed E-state index contributed by atoms with van der Waals surface area (Å²) in [6.07, 6.45) is 4.24. The summed E-state index contributed by atoms with van der Waals surface area (Å²) in [4.78, 5) is 35.1. The topological polar surface area (TPSA) is 66.7 Å². The van der Waals surface area contributed by atoms with Gasteiger partial charge in [-0.3, -0.25) is 14.6 Å². The molecule has 0 fully saturated rings. The summed E-state index contributed by atoms with van der Waals surface area (Å²) < 4.78 is 6.01. The van der Waals surface area contributed by atoms with E-state index in [1.54, 1.807) is 23.4 Å². The number of hydrogen-bond donors (Lipinski definition) is 0. The van der Waals surface area contributed by atoms with Crippen molar-refractivity contribution in [3.05, 3.63) is 75.4 Å². The third kappa shape index (κ3) is 3.41. The van der Waals surface area contributed by atoms with E-state index in [9.17, 15) is 9.59 Å². The largest absolute Gasteiger partial charge is 0.450 e. The number of pyridine rings is 1. The molecule has 1 atom stereocenters. The molecule has 0 aliphatic carbocycles. The summed E-state index contributed by atoms with van der Waals surface area (Å²) in [5.41, 5.74) is 2.64. The van der Waals surface area contributed by atoms with Crippen LogP contribution in [0.15, 0.2) is 51.9 Å². The molecule has 0 bridgehead atoms. The predicted molar refractivity (Wildman–Crippen MR) is 117 cm³/mol. The van der Waals surface area contributed by atoms with Gasteiger partial charge < -0.3 is 14.2 Å². The molecule has 0 saturated heterocycles. The molecule has 1 aliphatic heterocycles. The molecule has 6 nitrogen and oxygen atoms in total. The lowest BCUT2D eigenvalue weighted by molar-refractivity contribution is 0.0708. The molecule has 3 aromatic rings. The second-order valence-corrected chi connectivity index (χ2v) is 7.57. The molecule has 0 saturated carbocycles. The molecule has 156 valence electrons. The van der Waals surface area contributed by atoms with Crippen molar-refractivity contribution in [2.75, 3.05) is 26.2 Å². The zero-order valence-corrected chi connectivity index (χ0v) is 17.7. The number of aryl methyl sites for hydroxylation is 1. The van der Waals surface area contributed by atoms with Gasteiger partial charge in [0.15, 0.2) is 5.43 Å². The minimum absolute atomic E-state index is 0.130. The monoisotopic (exact) mass is 405 g/mol. The van der Waals surface area contributed by atoms with Crippen LogP contribution in [0.5, 0.6) is 0 Å². The van der Waals surface area contributed by atoms with Gasteiger partial charge in [0.1, 0.15) is 5.58 Å². The van der Waals surface area contributed by atoms with Crippen LogP contribution in [-0.4, -0.2) is 46.9 Å². The fraction of sp³-hybridized carbons (Fsp3) is 0.375. The lowest BCUT2D eigenvalue weighted by atomic mass is 9.99. The van der Waals surface area contributed by atoms with E-state index in [1.807, 2.05) is 31.2 Å². The highest BCUT2D eigenvalue weighted by Crippen LogP contribution is 2.37. The van der Waals surface area contributed by atoms with E-state index >= 15 is 0 Å². The molecule has 30 heavy (non-hydrogen) atoms. The Morgan fingerprint density at radius 2 is 1.93 bits per heavy atom. The summed E-state index contributed by atoms with van der Waals surface area (Å²) in [6, 6.07) is 8.87. The van der Waals surface area contributed by atoms with Gasteiger partial charge in [-0.1, -0.05) is 32.9 Å². The molecule has 0 radical (unpaired) electrons. The number of rotatable bonds is 7. The number of hydrogen-bond acceptors (Lipinski definition) is 5. The molecule has 3 heterocycles. The van der Waals surface area contributed by atoms with Crippen molar-refractivity contribution < 1.29 is 9.21 Å². The van der Waals surface area contributed by atoms with Crippen molar-refractivity contribution in [2.24, 2.45) is 0 Å². The lowest BCUT2D eigenvalue weighted by Gasteiger charge is -2.27. The van der Waals surface area contributed by atoms with Crippen molar-refractivity contribution >= 4 is 16.9 Å². The van der Waals surface area contributed by atoms with Gasteiger partial charge in [0.25, 0.3) is 5.91 Å². The Morgan fingerprint density at radius 1 is 1.13 bits per heavy atom. The molecule has 2 aromatic heterocycles. The van der Waals surface area contributed by atoms with Gasteiger partial charge >= 0.3 is 0 Å². The summed E-state index contributed by atoms with van der Waals surface area (Å²) >= 11 is 0. The number of benzene rings is 1. The van der Waals surface area contributed by atoms with Crippen LogP contribution in [0, 0.1) is 0 Å². The Morgan fingerprint density at radius 3 is 2.60 bits per heavy atom. The first-order chi connectivity index (χ1) is 14.6. The van der Waals surface area contributed by atoms with Crippen molar-refractivity contribution in [2.45, 2.75) is 33.2 Å². The highest BCUT2D eigenvalue weighted by Gasteiger charge is 2.42. The Labute approximate surface area is 176 Å². The zero-order chi connectivity index (χ0) is 21.3. The van der Waals surface area contributed by atoms with Crippen LogP contribution in [-0.2, 0) is 6.42 Å². The van der Waals surface area contributed by atoms with Gasteiger partial charge in [0.2, 0.25) is 5.76 Å². The average molecular weight is 405 g/mol. The first kappa shape index (κ1) is 20.3. The van der Waals surface area contributed by atoms with Gasteiger partial charge in [0, 0.05) is 25.5 Å². The molecule has 1 aromatic carbocycles. The average Bonchev–Trinajstić information content (AvgIpc) is 3.07. The predicted octanol–water partition coefficient (Wildman–Crippen LogP) is 3.64. The first-order valence-electron chi connectivity index (χ1n) is 10.6. The van der Waals surface area contributed by atoms with E-state index in [4.69, 9.17) is 4.42 Å². The first-order valence-corrected chi connectivity index (χ1v) is 10.6. The number of carbonyl (C=O) groups excluding carboxylic acids is 1. The summed E-state index contributed by atoms with van der Waals surface area (Å²) in [5, 5.41) is 0.528. The normalized spacial score (nSPS) is 15.9. The van der Waals surface area contributed by atoms with E-state index in [0.29, 0.717) is 23.1 Å². The van der Waals surface area contributed by atoms with Crippen LogP contribution in [0.3, 0.4) is 0 Å². The lowest BCUT2D eigenvalue weighted by Crippen LogP contribution is -2.37. The van der Waals surface area contributed by atoms with E-state index in [0.717, 1.165) is 37.2 Å². The fourth-order valence-electron chi connectivity index (χ4n) is 4.19. The Kier molecular flexibility index (Phi) is 5.68. The molecule has 0 spiro atoms. The van der Waals surface area contributed by atoms with Crippen LogP contribution >= 0.6 is 0 Å². The van der Waals surface area contributed by atoms with E-state index < -0.39 is 6.04 Å². The molecule has 0 N–H and O–H groups in total. The Hall–Kier alpha value is -2.99. The maximum absolute atomic E-state index is 13.5. The molecule has 1 unspecified atom stereocenters. The Balaban J connectivity index is 1.87. The minimum atomic E-state index is -0.484. The van der Waals surface area contributed by atoms with Crippen molar-refractivity contribution in [3.63, 3.8) is 0 Å². The second-order valence-electron chi connectivity index (χ2n) is 7.57. The number of carbonyl (C=O) groups is 1. The molecular weight excluding hydrogens is 378 g/mol. The van der Waals surface area contributed by atoms with Crippen LogP contribution < -0.4 is 5.43 Å². The maximum atomic E-state index is 13.5. The van der Waals surface area contributed by atoms with Gasteiger partial charge in [-0.2, -0.15) is 0 Å². The fourth-order valence-corrected chi connectivity index (χ4v) is 4.19. The van der Waals surface area contributed by atoms with Gasteiger partial charge in [-0.15, -0.1) is 0 Å². The van der Waals surface area contributed by atoms with Gasteiger partial charge in [-0.25, -0.2) is 0 Å². The maximum Gasteiger partial charge on any atom is 0.290 e. The number of nitrogens with zero attached hydrogens (tertiary/aromatic N) is 3. The molecule has 1 aliphatic rings. The number of amides is 1. The smallest absolute Gasteiger partial charge is 0.290 e. The zero-order valence-electron chi connectivity index (χ0n) is 17.7. The minimum Gasteiger partial charge on any atom is -0.450 e. The number of aromatic nitrogens is 1. The van der Waals surface area contributed by atoms with Crippen LogP contribution in [0.1, 0.15) is 54.1 Å². The van der Waals surface area contributed by atoms with Crippen LogP contribution in [0.25, 0.3) is 11.0 Å². The highest BCUT2D eigenvalue weighted by molar-refractivity contribution is 5.99. The van der Waals surface area contributed by atoms with Crippen molar-refractivity contribution in [1.29, 1.82) is 0 Å². The molecular formula is C24H27N3O3. The summed E-state index contributed by atoms with van der Waals surface area (Å²) in [7, 11) is 0. The van der Waals surface area contributed by atoms with Gasteiger partial charge in [0.05, 0.1) is 17.0 Å². The molecule has 1 amide bonds. The number of likely N-dealkylation sites (N-methyl/N-ethyl adjacent to an activating group) is 1. The summed E-state index contributed by atoms with van der Waals surface area (Å²) in [6.45, 7) is 9.32. The summed E-state index contributed by atoms with van der Waals surface area (Å²) in [5.74, 6) is -0.0743. The van der Waals surface area contributed by atoms with Crippen molar-refractivity contribution in [3.8, 4) is 0 Å². The third-order valence-corrected chi connectivity index (χ3v) is 5.99. The van der Waals surface area contributed by atoms with E-state index in [1.165, 1.54) is 0 Å². The van der Waals surface area contributed by atoms with Crippen LogP contribution in [0.2, 0.25) is 0 Å². The quantitative estimate of drug-likeness (QED) is 0.600. The van der Waals surface area contributed by atoms with Crippen molar-refractivity contribution in [1.82, 2.24) is 14.8 Å². The van der Waals surface area contributed by atoms with Gasteiger partial charge in [-0.05, 0) is 48.8 Å². The standard InChI is InChI=1S/C24H27N3O3/c1-4-16-9-10-19-18(14-16)22(28)20-21(17-8-7-11-25-15-17)27(24(29)23(20)30-19)13-12-26(5-2)6-3/h7-11,14-15,21H,4-6,12-13H2,1-3H3. The number of fused-ring (bicyclic) bond motifs is 2. The van der Waals surface area contributed by atoms with Crippen LogP contribution in [0.4, 0.5) is 0 Å². The molecule has 4 rings (SSSR count). The van der Waals surface area contributed by atoms with E-state index in [2.05, 4.69) is 23.7 Å². The third-order valence-electron chi connectivity index (χ3n) is 5.99. The SMILES string of the molecule is CCc1ccc2oc3c(c(=O)c2c1)C(c1cccnc1)N(CCN(CC)CC)C3=O. The van der Waals surface area contributed by atoms with E-state index in [-0.39, 0.29) is 17.1 Å². The Bertz CT molecular complexity index is 1120. The molecule has 6 heteroatoms. The second kappa shape index (κ2) is 8.40.